The Bertz CT molecular complexity index is 1780. The first-order chi connectivity index (χ1) is 17.8. The molecular weight excluding hydrogens is 446 g/mol. The van der Waals surface area contributed by atoms with Crippen LogP contribution in [0.4, 0.5) is 5.82 Å². The van der Waals surface area contributed by atoms with Gasteiger partial charge in [0.05, 0.1) is 16.4 Å². The molecule has 0 amide bonds. The fourth-order valence-electron chi connectivity index (χ4n) is 4.09. The molecule has 0 unspecified atom stereocenters. The van der Waals surface area contributed by atoms with Crippen molar-refractivity contribution < 1.29 is 0 Å². The molecule has 36 heavy (non-hydrogen) atoms. The quantitative estimate of drug-likeness (QED) is 0.334. The molecule has 0 saturated heterocycles. The first kappa shape index (κ1) is 21.4. The summed E-state index contributed by atoms with van der Waals surface area (Å²) in [6, 6.07) is 34.7. The van der Waals surface area contributed by atoms with Crippen LogP contribution in [0.3, 0.4) is 0 Å². The van der Waals surface area contributed by atoms with Crippen molar-refractivity contribution in [2.75, 3.05) is 5.43 Å². The first-order valence-corrected chi connectivity index (χ1v) is 11.6. The van der Waals surface area contributed by atoms with E-state index in [1.807, 2.05) is 115 Å². The number of hydrogen-bond acceptors (Lipinski definition) is 5. The molecule has 0 aliphatic rings. The number of hydrogen-bond donors (Lipinski definition) is 1. The second kappa shape index (κ2) is 9.27. The molecule has 172 valence electrons. The molecule has 6 heteroatoms. The maximum Gasteiger partial charge on any atom is 0.280 e. The van der Waals surface area contributed by atoms with Crippen LogP contribution < -0.4 is 11.0 Å². The van der Waals surface area contributed by atoms with E-state index in [9.17, 15) is 4.79 Å². The molecule has 0 fully saturated rings. The molecule has 0 saturated carbocycles. The van der Waals surface area contributed by atoms with E-state index in [4.69, 9.17) is 15.0 Å². The number of para-hydroxylation sites is 2. The third kappa shape index (κ3) is 4.12. The summed E-state index contributed by atoms with van der Waals surface area (Å²) in [4.78, 5) is 28.0. The lowest BCUT2D eigenvalue weighted by Gasteiger charge is -2.15. The van der Waals surface area contributed by atoms with E-state index in [0.717, 1.165) is 22.0 Å². The molecule has 6 aromatic rings. The highest BCUT2D eigenvalue weighted by molar-refractivity contribution is 5.91. The molecule has 0 aliphatic carbocycles. The van der Waals surface area contributed by atoms with Crippen molar-refractivity contribution >= 4 is 39.8 Å². The third-order valence-corrected chi connectivity index (χ3v) is 5.88. The van der Waals surface area contributed by atoms with Gasteiger partial charge in [-0.05, 0) is 35.9 Å². The van der Waals surface area contributed by atoms with E-state index in [1.54, 1.807) is 6.07 Å². The Morgan fingerprint density at radius 2 is 1.22 bits per heavy atom. The van der Waals surface area contributed by atoms with Gasteiger partial charge in [-0.15, -0.1) is 0 Å². The summed E-state index contributed by atoms with van der Waals surface area (Å²) in [5.74, 6) is 1.56. The molecule has 0 aliphatic heterocycles. The van der Waals surface area contributed by atoms with Crippen LogP contribution in [0, 0.1) is 0 Å². The highest BCUT2D eigenvalue weighted by Crippen LogP contribution is 2.25. The van der Waals surface area contributed by atoms with E-state index in [2.05, 4.69) is 5.43 Å². The molecular formula is C30H21N5O. The minimum atomic E-state index is -0.211. The van der Waals surface area contributed by atoms with Crippen LogP contribution in [0.5, 0.6) is 0 Å². The summed E-state index contributed by atoms with van der Waals surface area (Å²) in [6.45, 7) is 0. The highest BCUT2D eigenvalue weighted by Gasteiger charge is 2.14. The van der Waals surface area contributed by atoms with Gasteiger partial charge >= 0.3 is 0 Å². The number of rotatable bonds is 5. The summed E-state index contributed by atoms with van der Waals surface area (Å²) in [5, 5.41) is 1.32. The Kier molecular flexibility index (Phi) is 5.52. The standard InChI is InChI=1S/C30H21N5O/c36-30-24-16-8-10-18-26(24)31-27(20-19-21-11-3-1-4-12-21)35(30)34-29-23-15-7-9-17-25(23)32-28(33-29)22-13-5-2-6-14-22/h1-20H,(H,32,33,34)/b20-19+. The van der Waals surface area contributed by atoms with Crippen LogP contribution in [0.15, 0.2) is 114 Å². The van der Waals surface area contributed by atoms with Crippen molar-refractivity contribution in [1.29, 1.82) is 0 Å². The predicted molar refractivity (Wildman–Crippen MR) is 145 cm³/mol. The van der Waals surface area contributed by atoms with Gasteiger partial charge in [0.2, 0.25) is 0 Å². The SMILES string of the molecule is O=c1c2ccccc2nc(/C=C/c2ccccc2)n1Nc1nc(-c2ccccc2)nc2ccccc12. The number of anilines is 1. The van der Waals surface area contributed by atoms with Gasteiger partial charge in [0, 0.05) is 10.9 Å². The topological polar surface area (TPSA) is 72.7 Å². The van der Waals surface area contributed by atoms with Crippen LogP contribution in [0.1, 0.15) is 11.4 Å². The predicted octanol–water partition coefficient (Wildman–Crippen LogP) is 6.05. The van der Waals surface area contributed by atoms with Crippen molar-refractivity contribution in [3.63, 3.8) is 0 Å². The van der Waals surface area contributed by atoms with Crippen LogP contribution in [0.25, 0.3) is 45.3 Å². The van der Waals surface area contributed by atoms with Crippen LogP contribution >= 0.6 is 0 Å². The Balaban J connectivity index is 1.54. The average Bonchev–Trinajstić information content (AvgIpc) is 2.94. The molecule has 0 bridgehead atoms. The number of fused-ring (bicyclic) bond motifs is 2. The lowest BCUT2D eigenvalue weighted by molar-refractivity contribution is 0.857. The minimum absolute atomic E-state index is 0.211. The maximum atomic E-state index is 13.6. The first-order valence-electron chi connectivity index (χ1n) is 11.6. The molecule has 4 aromatic carbocycles. The molecule has 0 spiro atoms. The lowest BCUT2D eigenvalue weighted by atomic mass is 10.2. The van der Waals surface area contributed by atoms with Gasteiger partial charge in [-0.1, -0.05) is 91.0 Å². The number of nitrogens with one attached hydrogen (secondary N) is 1. The fraction of sp³-hybridized carbons (Fsp3) is 0. The molecule has 6 rings (SSSR count). The summed E-state index contributed by atoms with van der Waals surface area (Å²) in [5.41, 5.74) is 6.35. The highest BCUT2D eigenvalue weighted by atomic mass is 16.1. The fourth-order valence-corrected chi connectivity index (χ4v) is 4.09. The van der Waals surface area contributed by atoms with Gasteiger partial charge in [-0.2, -0.15) is 4.68 Å². The summed E-state index contributed by atoms with van der Waals surface area (Å²) in [7, 11) is 0. The number of aromatic nitrogens is 4. The normalized spacial score (nSPS) is 11.3. The Morgan fingerprint density at radius 3 is 1.97 bits per heavy atom. The molecule has 6 nitrogen and oxygen atoms in total. The molecule has 2 aromatic heterocycles. The second-order valence-corrected chi connectivity index (χ2v) is 8.26. The van der Waals surface area contributed by atoms with Crippen molar-refractivity contribution in [2.45, 2.75) is 0 Å². The summed E-state index contributed by atoms with van der Waals surface area (Å²) >= 11 is 0. The van der Waals surface area contributed by atoms with Crippen LogP contribution in [-0.2, 0) is 0 Å². The van der Waals surface area contributed by atoms with Crippen molar-refractivity contribution in [2.24, 2.45) is 0 Å². The molecule has 2 heterocycles. The molecule has 0 atom stereocenters. The van der Waals surface area contributed by atoms with E-state index >= 15 is 0 Å². The van der Waals surface area contributed by atoms with E-state index < -0.39 is 0 Å². The van der Waals surface area contributed by atoms with Crippen LogP contribution in [0.2, 0.25) is 0 Å². The number of benzene rings is 4. The van der Waals surface area contributed by atoms with E-state index in [1.165, 1.54) is 4.68 Å². The second-order valence-electron chi connectivity index (χ2n) is 8.26. The van der Waals surface area contributed by atoms with Crippen LogP contribution in [-0.4, -0.2) is 19.6 Å². The Hall–Kier alpha value is -5.10. The zero-order valence-electron chi connectivity index (χ0n) is 19.2. The van der Waals surface area contributed by atoms with Crippen molar-refractivity contribution in [3.8, 4) is 11.4 Å². The van der Waals surface area contributed by atoms with E-state index in [-0.39, 0.29) is 5.56 Å². The Labute approximate surface area is 207 Å². The maximum absolute atomic E-state index is 13.6. The van der Waals surface area contributed by atoms with E-state index in [0.29, 0.717) is 28.4 Å². The zero-order valence-corrected chi connectivity index (χ0v) is 19.2. The zero-order chi connectivity index (χ0) is 24.3. The molecule has 1 N–H and O–H groups in total. The Morgan fingerprint density at radius 1 is 0.611 bits per heavy atom. The molecule has 0 radical (unpaired) electrons. The van der Waals surface area contributed by atoms with Crippen molar-refractivity contribution in [3.05, 3.63) is 131 Å². The number of nitrogens with zero attached hydrogens (tertiary/aromatic N) is 4. The van der Waals surface area contributed by atoms with Gasteiger partial charge in [0.15, 0.2) is 17.5 Å². The largest absolute Gasteiger partial charge is 0.280 e. The average molecular weight is 468 g/mol. The van der Waals surface area contributed by atoms with Crippen molar-refractivity contribution in [1.82, 2.24) is 19.6 Å². The van der Waals surface area contributed by atoms with Gasteiger partial charge in [-0.25, -0.2) is 15.0 Å². The minimum Gasteiger partial charge on any atom is -0.272 e. The van der Waals surface area contributed by atoms with Gasteiger partial charge in [0.25, 0.3) is 5.56 Å². The summed E-state index contributed by atoms with van der Waals surface area (Å²) < 4.78 is 1.45. The van der Waals surface area contributed by atoms with Gasteiger partial charge in [-0.3, -0.25) is 10.2 Å². The smallest absolute Gasteiger partial charge is 0.272 e. The van der Waals surface area contributed by atoms with Gasteiger partial charge < -0.3 is 0 Å². The third-order valence-electron chi connectivity index (χ3n) is 5.88. The monoisotopic (exact) mass is 467 g/mol. The van der Waals surface area contributed by atoms with Gasteiger partial charge in [0.1, 0.15) is 0 Å². The lowest BCUT2D eigenvalue weighted by Crippen LogP contribution is -2.30. The summed E-state index contributed by atoms with van der Waals surface area (Å²) in [6.07, 6.45) is 3.76.